The van der Waals surface area contributed by atoms with Crippen molar-refractivity contribution in [1.29, 1.82) is 0 Å². The Morgan fingerprint density at radius 3 is 2.85 bits per heavy atom. The third-order valence-electron chi connectivity index (χ3n) is 6.14. The summed E-state index contributed by atoms with van der Waals surface area (Å²) in [6, 6.07) is 6.12. The molecule has 1 unspecified atom stereocenters. The van der Waals surface area contributed by atoms with Crippen molar-refractivity contribution in [2.75, 3.05) is 26.2 Å². The fourth-order valence-electron chi connectivity index (χ4n) is 4.37. The molecule has 1 atom stereocenters. The van der Waals surface area contributed by atoms with E-state index in [0.717, 1.165) is 54.0 Å². The van der Waals surface area contributed by atoms with Crippen LogP contribution in [0.1, 0.15) is 54.4 Å². The highest BCUT2D eigenvalue weighted by Gasteiger charge is 2.23. The minimum atomic E-state index is -0.214. The summed E-state index contributed by atoms with van der Waals surface area (Å²) >= 11 is 1.66. The number of nitrogens with zero attached hydrogens (tertiary/aromatic N) is 4. The molecule has 0 spiro atoms. The van der Waals surface area contributed by atoms with Crippen LogP contribution in [0.3, 0.4) is 0 Å². The summed E-state index contributed by atoms with van der Waals surface area (Å²) in [6.45, 7) is 9.25. The van der Waals surface area contributed by atoms with Crippen LogP contribution < -0.4 is 11.1 Å². The van der Waals surface area contributed by atoms with Gasteiger partial charge >= 0.3 is 0 Å². The Bertz CT molecular complexity index is 1150. The number of piperidine rings is 1. The van der Waals surface area contributed by atoms with Crippen molar-refractivity contribution in [3.63, 3.8) is 0 Å². The van der Waals surface area contributed by atoms with E-state index in [-0.39, 0.29) is 23.8 Å². The number of amides is 2. The number of carbonyl (C=O) groups is 2. The number of likely N-dealkylation sites (tertiary alicyclic amines) is 1. The summed E-state index contributed by atoms with van der Waals surface area (Å²) in [5.41, 5.74) is 7.59. The Balaban J connectivity index is 1.47. The molecule has 176 valence electrons. The summed E-state index contributed by atoms with van der Waals surface area (Å²) in [7, 11) is 0. The van der Waals surface area contributed by atoms with Crippen LogP contribution in [0, 0.1) is 12.8 Å². The zero-order chi connectivity index (χ0) is 23.5. The van der Waals surface area contributed by atoms with Crippen LogP contribution in [-0.4, -0.2) is 57.7 Å². The Morgan fingerprint density at radius 1 is 1.33 bits per heavy atom. The number of carbonyl (C=O) groups excluding carboxylic acids is 2. The van der Waals surface area contributed by atoms with E-state index in [1.54, 1.807) is 17.5 Å². The van der Waals surface area contributed by atoms with Crippen LogP contribution in [-0.2, 0) is 4.79 Å². The molecule has 0 aliphatic carbocycles. The Hall–Kier alpha value is -2.78. The normalized spacial score (nSPS) is 17.0. The lowest BCUT2D eigenvalue weighted by Gasteiger charge is -2.31. The number of rotatable bonds is 8. The van der Waals surface area contributed by atoms with Crippen molar-refractivity contribution in [2.45, 2.75) is 46.1 Å². The number of aryl methyl sites for hydroxylation is 1. The van der Waals surface area contributed by atoms with Gasteiger partial charge in [-0.1, -0.05) is 0 Å². The topological polar surface area (TPSA) is 106 Å². The highest BCUT2D eigenvalue weighted by Crippen LogP contribution is 2.30. The van der Waals surface area contributed by atoms with E-state index >= 15 is 0 Å². The van der Waals surface area contributed by atoms with Crippen LogP contribution in [0.25, 0.3) is 21.6 Å². The fraction of sp³-hybridized carbons (Fsp3) is 0.500. The molecule has 4 rings (SSSR count). The molecule has 8 nitrogen and oxygen atoms in total. The third kappa shape index (κ3) is 5.25. The first-order valence-corrected chi connectivity index (χ1v) is 12.4. The second-order valence-electron chi connectivity index (χ2n) is 9.04. The van der Waals surface area contributed by atoms with Gasteiger partial charge in [-0.2, -0.15) is 5.10 Å². The minimum Gasteiger partial charge on any atom is -0.369 e. The van der Waals surface area contributed by atoms with Crippen LogP contribution in [0.5, 0.6) is 0 Å². The van der Waals surface area contributed by atoms with Gasteiger partial charge in [-0.15, -0.1) is 11.3 Å². The monoisotopic (exact) mass is 468 g/mol. The van der Waals surface area contributed by atoms with E-state index in [1.165, 1.54) is 4.88 Å². The lowest BCUT2D eigenvalue weighted by Crippen LogP contribution is -2.42. The van der Waals surface area contributed by atoms with Crippen LogP contribution in [0.4, 0.5) is 0 Å². The molecule has 0 bridgehead atoms. The molecule has 33 heavy (non-hydrogen) atoms. The number of hydrogen-bond acceptors (Lipinski definition) is 6. The highest BCUT2D eigenvalue weighted by atomic mass is 32.1. The number of hydrogen-bond donors (Lipinski definition) is 2. The lowest BCUT2D eigenvalue weighted by atomic mass is 9.97. The van der Waals surface area contributed by atoms with Gasteiger partial charge in [0.2, 0.25) is 5.91 Å². The largest absolute Gasteiger partial charge is 0.369 e. The van der Waals surface area contributed by atoms with E-state index < -0.39 is 0 Å². The SMILES string of the molecule is Cc1ccc(-c2cc(C(=O)NCCCN3CCCC(C(N)=O)C3)c3cnn(C(C)C)c3n2)s1. The van der Waals surface area contributed by atoms with Crippen molar-refractivity contribution in [1.82, 2.24) is 25.0 Å². The van der Waals surface area contributed by atoms with Gasteiger partial charge in [0.05, 0.1) is 33.6 Å². The molecule has 3 N–H and O–H groups in total. The van der Waals surface area contributed by atoms with Gasteiger partial charge in [0, 0.05) is 24.0 Å². The molecule has 0 radical (unpaired) electrons. The number of aromatic nitrogens is 3. The molecule has 1 aliphatic rings. The number of primary amides is 1. The maximum Gasteiger partial charge on any atom is 0.252 e. The predicted octanol–water partition coefficient (Wildman–Crippen LogP) is 3.37. The van der Waals surface area contributed by atoms with E-state index in [2.05, 4.69) is 42.2 Å². The highest BCUT2D eigenvalue weighted by molar-refractivity contribution is 7.15. The minimum absolute atomic E-state index is 0.0600. The first-order chi connectivity index (χ1) is 15.8. The van der Waals surface area contributed by atoms with Crippen LogP contribution in [0.2, 0.25) is 0 Å². The molecular formula is C24H32N6O2S. The van der Waals surface area contributed by atoms with Gasteiger partial charge in [0.25, 0.3) is 5.91 Å². The van der Waals surface area contributed by atoms with Crippen molar-refractivity contribution in [3.8, 4) is 10.6 Å². The van der Waals surface area contributed by atoms with Gasteiger partial charge in [-0.3, -0.25) is 9.59 Å². The molecule has 9 heteroatoms. The standard InChI is InChI=1S/C24H32N6O2S/c1-15(2)30-23-19(13-27-30)18(12-20(28-23)21-8-7-16(3)33-21)24(32)26-9-5-11-29-10-4-6-17(14-29)22(25)31/h7-8,12-13,15,17H,4-6,9-11,14H2,1-3H3,(H2,25,31)(H,26,32). The zero-order valence-electron chi connectivity index (χ0n) is 19.5. The average molecular weight is 469 g/mol. The second kappa shape index (κ2) is 10.0. The number of nitrogens with two attached hydrogens (primary N) is 1. The van der Waals surface area contributed by atoms with Crippen molar-refractivity contribution >= 4 is 34.2 Å². The van der Waals surface area contributed by atoms with Crippen molar-refractivity contribution in [2.24, 2.45) is 11.7 Å². The van der Waals surface area contributed by atoms with Gasteiger partial charge in [-0.25, -0.2) is 9.67 Å². The van der Waals surface area contributed by atoms with Crippen molar-refractivity contribution in [3.05, 3.63) is 34.8 Å². The van der Waals surface area contributed by atoms with E-state index in [4.69, 9.17) is 10.7 Å². The first kappa shape index (κ1) is 23.4. The molecule has 4 heterocycles. The maximum absolute atomic E-state index is 13.2. The summed E-state index contributed by atoms with van der Waals surface area (Å²) in [5, 5.41) is 8.32. The molecular weight excluding hydrogens is 436 g/mol. The fourth-order valence-corrected chi connectivity index (χ4v) is 5.20. The summed E-state index contributed by atoms with van der Waals surface area (Å²) in [5.74, 6) is -0.391. The molecule has 2 amide bonds. The molecule has 0 aromatic carbocycles. The predicted molar refractivity (Wildman–Crippen MR) is 131 cm³/mol. The van der Waals surface area contributed by atoms with Gasteiger partial charge in [-0.05, 0) is 71.3 Å². The van der Waals surface area contributed by atoms with Crippen molar-refractivity contribution < 1.29 is 9.59 Å². The molecule has 1 saturated heterocycles. The molecule has 3 aromatic heterocycles. The van der Waals surface area contributed by atoms with Crippen LogP contribution in [0.15, 0.2) is 24.4 Å². The van der Waals surface area contributed by atoms with E-state index in [9.17, 15) is 9.59 Å². The smallest absolute Gasteiger partial charge is 0.252 e. The quantitative estimate of drug-likeness (QED) is 0.493. The average Bonchev–Trinajstić information content (AvgIpc) is 3.42. The number of fused-ring (bicyclic) bond motifs is 1. The summed E-state index contributed by atoms with van der Waals surface area (Å²) in [6.07, 6.45) is 4.41. The van der Waals surface area contributed by atoms with Gasteiger partial charge < -0.3 is 16.0 Å². The molecule has 3 aromatic rings. The molecule has 1 aliphatic heterocycles. The number of pyridine rings is 1. The number of thiophene rings is 1. The van der Waals surface area contributed by atoms with Gasteiger partial charge in [0.1, 0.15) is 0 Å². The van der Waals surface area contributed by atoms with Gasteiger partial charge in [0.15, 0.2) is 5.65 Å². The lowest BCUT2D eigenvalue weighted by molar-refractivity contribution is -0.123. The summed E-state index contributed by atoms with van der Waals surface area (Å²) < 4.78 is 1.86. The Kier molecular flexibility index (Phi) is 7.09. The zero-order valence-corrected chi connectivity index (χ0v) is 20.3. The van der Waals surface area contributed by atoms with E-state index in [0.29, 0.717) is 18.7 Å². The maximum atomic E-state index is 13.2. The van der Waals surface area contributed by atoms with Crippen LogP contribution >= 0.6 is 11.3 Å². The molecule has 1 fully saturated rings. The third-order valence-corrected chi connectivity index (χ3v) is 7.16. The summed E-state index contributed by atoms with van der Waals surface area (Å²) in [4.78, 5) is 34.0. The first-order valence-electron chi connectivity index (χ1n) is 11.6. The molecule has 0 saturated carbocycles. The Labute approximate surface area is 198 Å². The Morgan fingerprint density at radius 2 is 2.15 bits per heavy atom. The number of nitrogens with one attached hydrogen (secondary N) is 1. The van der Waals surface area contributed by atoms with E-state index in [1.807, 2.05) is 16.8 Å². The second-order valence-corrected chi connectivity index (χ2v) is 10.3.